The van der Waals surface area contributed by atoms with Gasteiger partial charge in [0.25, 0.3) is 5.91 Å². The molecule has 0 saturated carbocycles. The van der Waals surface area contributed by atoms with Gasteiger partial charge >= 0.3 is 0 Å². The lowest BCUT2D eigenvalue weighted by Crippen LogP contribution is -2.44. The van der Waals surface area contributed by atoms with E-state index in [-0.39, 0.29) is 11.4 Å². The number of hydrogen-bond acceptors (Lipinski definition) is 8. The quantitative estimate of drug-likeness (QED) is 0.666. The van der Waals surface area contributed by atoms with E-state index in [1.165, 1.54) is 43.3 Å². The number of anilines is 1. The molecule has 0 saturated heterocycles. The zero-order chi connectivity index (χ0) is 21.1. The summed E-state index contributed by atoms with van der Waals surface area (Å²) in [6.45, 7) is 2.77. The van der Waals surface area contributed by atoms with E-state index in [4.69, 9.17) is 5.73 Å². The van der Waals surface area contributed by atoms with Crippen LogP contribution in [0.4, 0.5) is 5.69 Å². The number of aromatic nitrogens is 4. The molecule has 10 nitrogen and oxygen atoms in total. The Kier molecular flexibility index (Phi) is 5.46. The average Bonchev–Trinajstić information content (AvgIpc) is 3.22. The Morgan fingerprint density at radius 3 is 2.41 bits per heavy atom. The van der Waals surface area contributed by atoms with E-state index in [9.17, 15) is 19.5 Å². The monoisotopic (exact) mass is 394 g/mol. The Labute approximate surface area is 165 Å². The number of imide groups is 1. The fourth-order valence-electron chi connectivity index (χ4n) is 2.61. The van der Waals surface area contributed by atoms with Gasteiger partial charge in [-0.15, -0.1) is 0 Å². The highest BCUT2D eigenvalue weighted by Crippen LogP contribution is 2.24. The van der Waals surface area contributed by atoms with Gasteiger partial charge in [0, 0.05) is 31.1 Å². The van der Waals surface area contributed by atoms with Crippen LogP contribution in [-0.2, 0) is 9.59 Å². The van der Waals surface area contributed by atoms with Crippen LogP contribution in [0.15, 0.2) is 49.2 Å². The van der Waals surface area contributed by atoms with Crippen molar-refractivity contribution in [1.82, 2.24) is 19.5 Å². The molecule has 29 heavy (non-hydrogen) atoms. The summed E-state index contributed by atoms with van der Waals surface area (Å²) >= 11 is 0. The summed E-state index contributed by atoms with van der Waals surface area (Å²) in [6.07, 6.45) is 5.40. The number of benzene rings is 1. The molecule has 0 radical (unpaired) electrons. The van der Waals surface area contributed by atoms with Gasteiger partial charge in [-0.05, 0) is 31.2 Å². The fraction of sp³-hybridized carbons (Fsp3) is 0.158. The second-order valence-electron chi connectivity index (χ2n) is 6.23. The highest BCUT2D eigenvalue weighted by atomic mass is 16.3. The normalized spacial score (nSPS) is 11.7. The van der Waals surface area contributed by atoms with Gasteiger partial charge in [-0.2, -0.15) is 4.98 Å². The Morgan fingerprint density at radius 1 is 1.21 bits per heavy atom. The first kappa shape index (κ1) is 19.8. The minimum Gasteiger partial charge on any atom is -0.493 e. The van der Waals surface area contributed by atoms with Gasteiger partial charge in [0.05, 0.1) is 11.7 Å². The van der Waals surface area contributed by atoms with Gasteiger partial charge in [-0.3, -0.25) is 19.0 Å². The summed E-state index contributed by atoms with van der Waals surface area (Å²) < 4.78 is 1.19. The molecule has 0 aliphatic carbocycles. The van der Waals surface area contributed by atoms with Crippen LogP contribution in [0.3, 0.4) is 0 Å². The van der Waals surface area contributed by atoms with Crippen LogP contribution in [0, 0.1) is 0 Å². The molecule has 0 fully saturated rings. The van der Waals surface area contributed by atoms with E-state index in [0.29, 0.717) is 11.3 Å². The zero-order valence-corrected chi connectivity index (χ0v) is 15.7. The molecule has 3 aromatic rings. The summed E-state index contributed by atoms with van der Waals surface area (Å²) in [4.78, 5) is 49.1. The summed E-state index contributed by atoms with van der Waals surface area (Å²) in [5.74, 6) is -1.81. The first-order chi connectivity index (χ1) is 13.8. The second-order valence-corrected chi connectivity index (χ2v) is 6.23. The lowest BCUT2D eigenvalue weighted by Gasteiger charge is -2.21. The van der Waals surface area contributed by atoms with E-state index in [0.717, 1.165) is 4.90 Å². The molecule has 0 bridgehead atoms. The number of rotatable bonds is 4. The molecule has 148 valence electrons. The van der Waals surface area contributed by atoms with Gasteiger partial charge in [0.2, 0.25) is 17.7 Å². The molecule has 10 heteroatoms. The van der Waals surface area contributed by atoms with Crippen LogP contribution >= 0.6 is 0 Å². The maximum absolute atomic E-state index is 12.3. The summed E-state index contributed by atoms with van der Waals surface area (Å²) in [5, 5.41) is 10.2. The Hall–Kier alpha value is -3.92. The summed E-state index contributed by atoms with van der Waals surface area (Å²) in [6, 6.07) is 5.43. The molecule has 1 atom stereocenters. The van der Waals surface area contributed by atoms with Crippen molar-refractivity contribution in [3.63, 3.8) is 0 Å². The van der Waals surface area contributed by atoms with Crippen molar-refractivity contribution < 1.29 is 19.5 Å². The van der Waals surface area contributed by atoms with Crippen LogP contribution in [0.2, 0.25) is 0 Å². The van der Waals surface area contributed by atoms with Crippen molar-refractivity contribution in [3.05, 3.63) is 54.7 Å². The summed E-state index contributed by atoms with van der Waals surface area (Å²) in [5.41, 5.74) is 6.39. The van der Waals surface area contributed by atoms with Gasteiger partial charge in [-0.25, -0.2) is 14.9 Å². The van der Waals surface area contributed by atoms with E-state index in [2.05, 4.69) is 15.0 Å². The number of nitrogens with zero attached hydrogens (tertiary/aromatic N) is 5. The van der Waals surface area contributed by atoms with Gasteiger partial charge in [0.15, 0.2) is 5.82 Å². The molecule has 1 unspecified atom stereocenters. The third kappa shape index (κ3) is 4.01. The third-order valence-corrected chi connectivity index (χ3v) is 4.05. The lowest BCUT2D eigenvalue weighted by atomic mass is 10.1. The SMILES string of the molecule is CC(=O)N(C(=O)C(C)N)c1ccc(-c2ncc(C(=O)n3ccnc3)c(O)n2)cc1. The minimum atomic E-state index is -0.834. The number of imidazole rings is 1. The second kappa shape index (κ2) is 7.98. The van der Waals surface area contributed by atoms with Crippen molar-refractivity contribution in [2.75, 3.05) is 4.90 Å². The van der Waals surface area contributed by atoms with Crippen LogP contribution in [0.5, 0.6) is 5.88 Å². The molecular formula is C19H18N6O4. The van der Waals surface area contributed by atoms with E-state index in [1.807, 2.05) is 0 Å². The average molecular weight is 394 g/mol. The third-order valence-electron chi connectivity index (χ3n) is 4.05. The summed E-state index contributed by atoms with van der Waals surface area (Å²) in [7, 11) is 0. The zero-order valence-electron chi connectivity index (χ0n) is 15.7. The van der Waals surface area contributed by atoms with Crippen molar-refractivity contribution in [2.24, 2.45) is 5.73 Å². The predicted octanol–water partition coefficient (Wildman–Crippen LogP) is 0.961. The van der Waals surface area contributed by atoms with E-state index >= 15 is 0 Å². The highest BCUT2D eigenvalue weighted by Gasteiger charge is 2.23. The number of carbonyl (C=O) groups is 3. The van der Waals surface area contributed by atoms with Gasteiger partial charge < -0.3 is 10.8 Å². The molecule has 3 rings (SSSR count). The van der Waals surface area contributed by atoms with Crippen LogP contribution < -0.4 is 10.6 Å². The Bertz CT molecular complexity index is 1060. The number of amides is 2. The topological polar surface area (TPSA) is 144 Å². The number of nitrogens with two attached hydrogens (primary N) is 1. The van der Waals surface area contributed by atoms with Crippen LogP contribution in [-0.4, -0.2) is 48.4 Å². The standard InChI is InChI=1S/C19H18N6O4/c1-11(20)18(28)25(12(2)26)14-5-3-13(4-6-14)16-22-9-15(17(27)23-16)19(29)24-8-7-21-10-24/h3-11H,20H2,1-2H3,(H,22,23,27). The fourth-order valence-corrected chi connectivity index (χ4v) is 2.61. The van der Waals surface area contributed by atoms with Gasteiger partial charge in [0.1, 0.15) is 11.9 Å². The van der Waals surface area contributed by atoms with Crippen molar-refractivity contribution in [3.8, 4) is 17.3 Å². The maximum Gasteiger partial charge on any atom is 0.270 e. The molecule has 2 amide bonds. The van der Waals surface area contributed by atoms with Crippen molar-refractivity contribution in [1.29, 1.82) is 0 Å². The first-order valence-electron chi connectivity index (χ1n) is 8.58. The lowest BCUT2D eigenvalue weighted by molar-refractivity contribution is -0.126. The molecular weight excluding hydrogens is 376 g/mol. The first-order valence-corrected chi connectivity index (χ1v) is 8.58. The maximum atomic E-state index is 12.3. The largest absolute Gasteiger partial charge is 0.493 e. The number of aromatic hydroxyl groups is 1. The van der Waals surface area contributed by atoms with Crippen molar-refractivity contribution in [2.45, 2.75) is 19.9 Å². The Balaban J connectivity index is 1.88. The van der Waals surface area contributed by atoms with Crippen molar-refractivity contribution >= 4 is 23.4 Å². The molecule has 0 aliphatic rings. The van der Waals surface area contributed by atoms with Crippen LogP contribution in [0.25, 0.3) is 11.4 Å². The molecule has 2 aromatic heterocycles. The molecule has 0 spiro atoms. The number of hydrogen-bond donors (Lipinski definition) is 2. The number of carbonyl (C=O) groups excluding carboxylic acids is 3. The molecule has 0 aliphatic heterocycles. The van der Waals surface area contributed by atoms with E-state index in [1.54, 1.807) is 24.3 Å². The minimum absolute atomic E-state index is 0.0753. The smallest absolute Gasteiger partial charge is 0.270 e. The highest BCUT2D eigenvalue weighted by molar-refractivity contribution is 6.15. The Morgan fingerprint density at radius 2 is 1.90 bits per heavy atom. The molecule has 3 N–H and O–H groups in total. The van der Waals surface area contributed by atoms with Crippen LogP contribution in [0.1, 0.15) is 24.2 Å². The molecule has 1 aromatic carbocycles. The molecule has 2 heterocycles. The predicted molar refractivity (Wildman–Crippen MR) is 103 cm³/mol. The van der Waals surface area contributed by atoms with Gasteiger partial charge in [-0.1, -0.05) is 0 Å². The van der Waals surface area contributed by atoms with E-state index < -0.39 is 29.6 Å².